The van der Waals surface area contributed by atoms with Gasteiger partial charge in [0.1, 0.15) is 0 Å². The van der Waals surface area contributed by atoms with E-state index in [1.54, 1.807) is 0 Å². The SMILES string of the molecule is C=Cc1cccc(N(CC)CCO)c1. The Morgan fingerprint density at radius 3 is 2.86 bits per heavy atom. The Balaban J connectivity index is 2.86. The van der Waals surface area contributed by atoms with E-state index in [1.165, 1.54) is 0 Å². The number of benzene rings is 1. The van der Waals surface area contributed by atoms with Crippen LogP contribution in [0.4, 0.5) is 5.69 Å². The van der Waals surface area contributed by atoms with Crippen LogP contribution in [0, 0.1) is 0 Å². The van der Waals surface area contributed by atoms with Crippen LogP contribution in [0.2, 0.25) is 0 Å². The van der Waals surface area contributed by atoms with Gasteiger partial charge in [-0.2, -0.15) is 0 Å². The Labute approximate surface area is 85.5 Å². The Bertz CT molecular complexity index is 296. The molecule has 0 aliphatic rings. The number of hydrogen-bond donors (Lipinski definition) is 1. The van der Waals surface area contributed by atoms with E-state index in [0.29, 0.717) is 6.54 Å². The number of aliphatic hydroxyl groups excluding tert-OH is 1. The first-order chi connectivity index (χ1) is 6.81. The van der Waals surface area contributed by atoms with Crippen molar-refractivity contribution in [2.45, 2.75) is 6.92 Å². The largest absolute Gasteiger partial charge is 0.395 e. The molecule has 0 aliphatic heterocycles. The first kappa shape index (κ1) is 10.8. The lowest BCUT2D eigenvalue weighted by Gasteiger charge is -2.22. The van der Waals surface area contributed by atoms with Gasteiger partial charge >= 0.3 is 0 Å². The zero-order valence-corrected chi connectivity index (χ0v) is 8.61. The van der Waals surface area contributed by atoms with Crippen molar-refractivity contribution in [3.63, 3.8) is 0 Å². The van der Waals surface area contributed by atoms with Gasteiger partial charge < -0.3 is 10.0 Å². The molecule has 0 aromatic heterocycles. The minimum absolute atomic E-state index is 0.187. The summed E-state index contributed by atoms with van der Waals surface area (Å²) in [4.78, 5) is 2.13. The van der Waals surface area contributed by atoms with Crippen LogP contribution in [0.1, 0.15) is 12.5 Å². The topological polar surface area (TPSA) is 23.5 Å². The van der Waals surface area contributed by atoms with Gasteiger partial charge in [0.25, 0.3) is 0 Å². The molecule has 2 nitrogen and oxygen atoms in total. The zero-order chi connectivity index (χ0) is 10.4. The van der Waals surface area contributed by atoms with Gasteiger partial charge in [0.2, 0.25) is 0 Å². The highest BCUT2D eigenvalue weighted by molar-refractivity contribution is 5.57. The summed E-state index contributed by atoms with van der Waals surface area (Å²) in [5.74, 6) is 0. The fourth-order valence-electron chi connectivity index (χ4n) is 1.44. The lowest BCUT2D eigenvalue weighted by molar-refractivity contribution is 0.302. The molecule has 0 atom stereocenters. The van der Waals surface area contributed by atoms with Crippen LogP contribution in [0.25, 0.3) is 6.08 Å². The summed E-state index contributed by atoms with van der Waals surface area (Å²) in [6, 6.07) is 8.15. The molecule has 1 aromatic rings. The van der Waals surface area contributed by atoms with E-state index < -0.39 is 0 Å². The number of rotatable bonds is 5. The number of hydrogen-bond acceptors (Lipinski definition) is 2. The van der Waals surface area contributed by atoms with Gasteiger partial charge in [0.15, 0.2) is 0 Å². The van der Waals surface area contributed by atoms with Crippen LogP contribution in [0.5, 0.6) is 0 Å². The molecule has 0 saturated heterocycles. The molecule has 76 valence electrons. The molecule has 1 N–H and O–H groups in total. The van der Waals surface area contributed by atoms with E-state index in [9.17, 15) is 0 Å². The van der Waals surface area contributed by atoms with Crippen molar-refractivity contribution in [2.24, 2.45) is 0 Å². The van der Waals surface area contributed by atoms with Crippen LogP contribution >= 0.6 is 0 Å². The molecule has 0 saturated carbocycles. The highest BCUT2D eigenvalue weighted by atomic mass is 16.3. The van der Waals surface area contributed by atoms with Gasteiger partial charge in [0, 0.05) is 18.8 Å². The van der Waals surface area contributed by atoms with E-state index in [2.05, 4.69) is 24.5 Å². The minimum Gasteiger partial charge on any atom is -0.395 e. The maximum Gasteiger partial charge on any atom is 0.0606 e. The first-order valence-electron chi connectivity index (χ1n) is 4.90. The van der Waals surface area contributed by atoms with Crippen LogP contribution in [-0.4, -0.2) is 24.8 Å². The second-order valence-corrected chi connectivity index (χ2v) is 3.10. The summed E-state index contributed by atoms with van der Waals surface area (Å²) >= 11 is 0. The second-order valence-electron chi connectivity index (χ2n) is 3.10. The molecule has 14 heavy (non-hydrogen) atoms. The standard InChI is InChI=1S/C12H17NO/c1-3-11-6-5-7-12(10-11)13(4-2)8-9-14/h3,5-7,10,14H,1,4,8-9H2,2H3. The molecule has 0 radical (unpaired) electrons. The summed E-state index contributed by atoms with van der Waals surface area (Å²) in [5, 5.41) is 8.89. The molecule has 0 unspecified atom stereocenters. The van der Waals surface area contributed by atoms with Crippen molar-refractivity contribution in [3.8, 4) is 0 Å². The van der Waals surface area contributed by atoms with Crippen LogP contribution in [0.15, 0.2) is 30.8 Å². The number of likely N-dealkylation sites (N-methyl/N-ethyl adjacent to an activating group) is 1. The third-order valence-electron chi connectivity index (χ3n) is 2.22. The third kappa shape index (κ3) is 2.60. The molecule has 1 rings (SSSR count). The molecule has 0 spiro atoms. The fourth-order valence-corrected chi connectivity index (χ4v) is 1.44. The van der Waals surface area contributed by atoms with E-state index in [4.69, 9.17) is 5.11 Å². The van der Waals surface area contributed by atoms with Crippen molar-refractivity contribution in [3.05, 3.63) is 36.4 Å². The highest BCUT2D eigenvalue weighted by Gasteiger charge is 2.02. The van der Waals surface area contributed by atoms with Crippen LogP contribution in [-0.2, 0) is 0 Å². The fraction of sp³-hybridized carbons (Fsp3) is 0.333. The van der Waals surface area contributed by atoms with Crippen molar-refractivity contribution in [1.82, 2.24) is 0 Å². The molecule has 1 aromatic carbocycles. The van der Waals surface area contributed by atoms with E-state index in [-0.39, 0.29) is 6.61 Å². The van der Waals surface area contributed by atoms with Crippen molar-refractivity contribution < 1.29 is 5.11 Å². The summed E-state index contributed by atoms with van der Waals surface area (Å²) < 4.78 is 0. The van der Waals surface area contributed by atoms with Crippen LogP contribution in [0.3, 0.4) is 0 Å². The third-order valence-corrected chi connectivity index (χ3v) is 2.22. The lowest BCUT2D eigenvalue weighted by atomic mass is 10.2. The van der Waals surface area contributed by atoms with Gasteiger partial charge in [-0.3, -0.25) is 0 Å². The maximum atomic E-state index is 8.89. The average molecular weight is 191 g/mol. The smallest absolute Gasteiger partial charge is 0.0606 e. The maximum absolute atomic E-state index is 8.89. The second kappa shape index (κ2) is 5.45. The first-order valence-corrected chi connectivity index (χ1v) is 4.90. The van der Waals surface area contributed by atoms with Gasteiger partial charge in [-0.05, 0) is 24.6 Å². The van der Waals surface area contributed by atoms with E-state index >= 15 is 0 Å². The Kier molecular flexibility index (Phi) is 4.20. The summed E-state index contributed by atoms with van der Waals surface area (Å²) in [7, 11) is 0. The molecular formula is C12H17NO. The Hall–Kier alpha value is -1.28. The van der Waals surface area contributed by atoms with Crippen LogP contribution < -0.4 is 4.90 Å². The van der Waals surface area contributed by atoms with Crippen molar-refractivity contribution in [2.75, 3.05) is 24.6 Å². The molecule has 0 aliphatic carbocycles. The average Bonchev–Trinajstić information content (AvgIpc) is 2.26. The number of nitrogens with zero attached hydrogens (tertiary/aromatic N) is 1. The summed E-state index contributed by atoms with van der Waals surface area (Å²) in [5.41, 5.74) is 2.25. The molecule has 2 heteroatoms. The van der Waals surface area contributed by atoms with Gasteiger partial charge in [0.05, 0.1) is 6.61 Å². The molecule has 0 heterocycles. The molecular weight excluding hydrogens is 174 g/mol. The van der Waals surface area contributed by atoms with E-state index in [1.807, 2.05) is 24.3 Å². The van der Waals surface area contributed by atoms with E-state index in [0.717, 1.165) is 17.8 Å². The predicted octanol–water partition coefficient (Wildman–Crippen LogP) is 2.15. The quantitative estimate of drug-likeness (QED) is 0.770. The van der Waals surface area contributed by atoms with Gasteiger partial charge in [-0.25, -0.2) is 0 Å². The van der Waals surface area contributed by atoms with Crippen molar-refractivity contribution >= 4 is 11.8 Å². The molecule has 0 amide bonds. The summed E-state index contributed by atoms with van der Waals surface area (Å²) in [6.45, 7) is 7.58. The lowest BCUT2D eigenvalue weighted by Crippen LogP contribution is -2.26. The molecule has 0 bridgehead atoms. The predicted molar refractivity (Wildman–Crippen MR) is 61.5 cm³/mol. The Morgan fingerprint density at radius 2 is 2.29 bits per heavy atom. The Morgan fingerprint density at radius 1 is 1.50 bits per heavy atom. The zero-order valence-electron chi connectivity index (χ0n) is 8.61. The normalized spacial score (nSPS) is 9.86. The van der Waals surface area contributed by atoms with Crippen molar-refractivity contribution in [1.29, 1.82) is 0 Å². The monoisotopic (exact) mass is 191 g/mol. The highest BCUT2D eigenvalue weighted by Crippen LogP contribution is 2.16. The molecule has 0 fully saturated rings. The minimum atomic E-state index is 0.187. The number of anilines is 1. The summed E-state index contributed by atoms with van der Waals surface area (Å²) in [6.07, 6.45) is 1.83. The van der Waals surface area contributed by atoms with Gasteiger partial charge in [-0.1, -0.05) is 24.8 Å². The number of aliphatic hydroxyl groups is 1. The van der Waals surface area contributed by atoms with Gasteiger partial charge in [-0.15, -0.1) is 0 Å².